The molecule has 6 heteroatoms. The largest absolute Gasteiger partial charge is 0.368 e. The molecule has 1 heterocycles. The number of nitrogens with one attached hydrogen (secondary N) is 1. The van der Waals surface area contributed by atoms with Crippen LogP contribution in [-0.2, 0) is 4.79 Å². The Morgan fingerprint density at radius 2 is 2.26 bits per heavy atom. The molecule has 2 amide bonds. The smallest absolute Gasteiger partial charge is 0.253 e. The van der Waals surface area contributed by atoms with E-state index in [0.717, 1.165) is 0 Å². The first-order valence-electron chi connectivity index (χ1n) is 6.02. The Kier molecular flexibility index (Phi) is 6.03. The number of carbonyl (C=O) groups excluding carboxylic acids is 2. The second-order valence-electron chi connectivity index (χ2n) is 4.07. The van der Waals surface area contributed by atoms with Crippen LogP contribution in [0.2, 0.25) is 0 Å². The summed E-state index contributed by atoms with van der Waals surface area (Å²) in [6, 6.07) is 4.56. The first-order chi connectivity index (χ1) is 9.15. The van der Waals surface area contributed by atoms with E-state index in [0.29, 0.717) is 31.2 Å². The van der Waals surface area contributed by atoms with Crippen LogP contribution in [0.5, 0.6) is 0 Å². The normalized spacial score (nSPS) is 11.3. The van der Waals surface area contributed by atoms with Crippen molar-refractivity contribution in [1.82, 2.24) is 10.3 Å². The second kappa shape index (κ2) is 7.82. The molecule has 0 aromatic carbocycles. The number of amides is 2. The van der Waals surface area contributed by atoms with Crippen LogP contribution in [-0.4, -0.2) is 22.8 Å². The molecule has 0 bridgehead atoms. The minimum atomic E-state index is -0.716. The zero-order valence-corrected chi connectivity index (χ0v) is 10.5. The quantitative estimate of drug-likeness (QED) is 0.705. The standard InChI is InChI=1S/C13H16N4O2/c14-7-3-1-2-6-11(12(15)18)17-13(19)10-5-4-8-16-9-10/h4-5,8-9,11H,1-3,6H2,(H2,15,18)(H,17,19)/t11-/m1/s1. The Hall–Kier alpha value is -2.42. The van der Waals surface area contributed by atoms with Crippen molar-refractivity contribution in [2.75, 3.05) is 0 Å². The predicted molar refractivity (Wildman–Crippen MR) is 68.8 cm³/mol. The van der Waals surface area contributed by atoms with E-state index in [2.05, 4.69) is 10.3 Å². The number of pyridine rings is 1. The fourth-order valence-electron chi connectivity index (χ4n) is 1.58. The number of hydrogen-bond donors (Lipinski definition) is 2. The molecular weight excluding hydrogens is 244 g/mol. The highest BCUT2D eigenvalue weighted by Crippen LogP contribution is 2.05. The fraction of sp³-hybridized carbons (Fsp3) is 0.385. The van der Waals surface area contributed by atoms with E-state index in [4.69, 9.17) is 11.0 Å². The average molecular weight is 260 g/mol. The van der Waals surface area contributed by atoms with Gasteiger partial charge in [-0.15, -0.1) is 0 Å². The molecule has 6 nitrogen and oxygen atoms in total. The number of nitrogens with zero attached hydrogens (tertiary/aromatic N) is 2. The van der Waals surface area contributed by atoms with Crippen LogP contribution in [0.1, 0.15) is 36.0 Å². The van der Waals surface area contributed by atoms with Gasteiger partial charge in [-0.2, -0.15) is 5.26 Å². The molecule has 0 aliphatic carbocycles. The molecule has 0 spiro atoms. The molecule has 0 aliphatic heterocycles. The number of nitrogens with two attached hydrogens (primary N) is 1. The lowest BCUT2D eigenvalue weighted by Crippen LogP contribution is -2.44. The average Bonchev–Trinajstić information content (AvgIpc) is 2.42. The summed E-state index contributed by atoms with van der Waals surface area (Å²) in [5, 5.41) is 11.0. The number of aromatic nitrogens is 1. The summed E-state index contributed by atoms with van der Waals surface area (Å²) >= 11 is 0. The lowest BCUT2D eigenvalue weighted by Gasteiger charge is -2.14. The molecule has 100 valence electrons. The molecule has 1 atom stereocenters. The van der Waals surface area contributed by atoms with Gasteiger partial charge in [0.1, 0.15) is 6.04 Å². The molecule has 0 saturated carbocycles. The highest BCUT2D eigenvalue weighted by atomic mass is 16.2. The lowest BCUT2D eigenvalue weighted by molar-refractivity contribution is -0.120. The molecule has 0 fully saturated rings. The summed E-state index contributed by atoms with van der Waals surface area (Å²) in [5.74, 6) is -0.952. The maximum Gasteiger partial charge on any atom is 0.253 e. The number of unbranched alkanes of at least 4 members (excludes halogenated alkanes) is 2. The topological polar surface area (TPSA) is 109 Å². The Morgan fingerprint density at radius 1 is 1.47 bits per heavy atom. The van der Waals surface area contributed by atoms with Gasteiger partial charge in [0.05, 0.1) is 11.6 Å². The zero-order chi connectivity index (χ0) is 14.1. The van der Waals surface area contributed by atoms with Crippen LogP contribution in [0.15, 0.2) is 24.5 Å². The van der Waals surface area contributed by atoms with E-state index in [1.165, 1.54) is 6.20 Å². The number of primary amides is 1. The highest BCUT2D eigenvalue weighted by Gasteiger charge is 2.18. The van der Waals surface area contributed by atoms with Crippen LogP contribution >= 0.6 is 0 Å². The minimum absolute atomic E-state index is 0.378. The molecular formula is C13H16N4O2. The monoisotopic (exact) mass is 260 g/mol. The van der Waals surface area contributed by atoms with Crippen LogP contribution < -0.4 is 11.1 Å². The van der Waals surface area contributed by atoms with Gasteiger partial charge in [0, 0.05) is 18.8 Å². The van der Waals surface area contributed by atoms with Gasteiger partial charge < -0.3 is 11.1 Å². The third-order valence-electron chi connectivity index (χ3n) is 2.60. The minimum Gasteiger partial charge on any atom is -0.368 e. The number of rotatable bonds is 7. The summed E-state index contributed by atoms with van der Waals surface area (Å²) in [6.45, 7) is 0. The summed E-state index contributed by atoms with van der Waals surface area (Å²) in [7, 11) is 0. The van der Waals surface area contributed by atoms with E-state index in [1.54, 1.807) is 18.3 Å². The van der Waals surface area contributed by atoms with Crippen LogP contribution in [0.3, 0.4) is 0 Å². The summed E-state index contributed by atoms with van der Waals surface area (Å²) < 4.78 is 0. The molecule has 1 rings (SSSR count). The van der Waals surface area contributed by atoms with Crippen molar-refractivity contribution in [3.8, 4) is 6.07 Å². The van der Waals surface area contributed by atoms with E-state index in [9.17, 15) is 9.59 Å². The van der Waals surface area contributed by atoms with E-state index in [-0.39, 0.29) is 5.91 Å². The summed E-state index contributed by atoms with van der Waals surface area (Å²) in [4.78, 5) is 26.9. The molecule has 19 heavy (non-hydrogen) atoms. The third kappa shape index (κ3) is 5.17. The molecule has 1 aromatic heterocycles. The van der Waals surface area contributed by atoms with Gasteiger partial charge in [-0.25, -0.2) is 0 Å². The maximum absolute atomic E-state index is 11.8. The first-order valence-corrected chi connectivity index (χ1v) is 6.02. The number of carbonyl (C=O) groups is 2. The lowest BCUT2D eigenvalue weighted by atomic mass is 10.1. The van der Waals surface area contributed by atoms with E-state index < -0.39 is 11.9 Å². The molecule has 1 aromatic rings. The Labute approximate surface area is 111 Å². The summed E-state index contributed by atoms with van der Waals surface area (Å²) in [5.41, 5.74) is 5.62. The van der Waals surface area contributed by atoms with Gasteiger partial charge in [0.15, 0.2) is 0 Å². The van der Waals surface area contributed by atoms with Gasteiger partial charge in [-0.05, 0) is 31.4 Å². The van der Waals surface area contributed by atoms with Gasteiger partial charge in [-0.3, -0.25) is 14.6 Å². The van der Waals surface area contributed by atoms with Crippen molar-refractivity contribution in [2.24, 2.45) is 5.73 Å². The molecule has 0 aliphatic rings. The Bertz CT molecular complexity index is 467. The van der Waals surface area contributed by atoms with Gasteiger partial charge in [-0.1, -0.05) is 0 Å². The van der Waals surface area contributed by atoms with E-state index in [1.807, 2.05) is 6.07 Å². The highest BCUT2D eigenvalue weighted by molar-refractivity contribution is 5.96. The molecule has 0 unspecified atom stereocenters. The van der Waals surface area contributed by atoms with Crippen molar-refractivity contribution < 1.29 is 9.59 Å². The van der Waals surface area contributed by atoms with Crippen molar-refractivity contribution in [3.05, 3.63) is 30.1 Å². The molecule has 3 N–H and O–H groups in total. The van der Waals surface area contributed by atoms with Crippen molar-refractivity contribution >= 4 is 11.8 Å². The van der Waals surface area contributed by atoms with Crippen LogP contribution in [0.4, 0.5) is 0 Å². The maximum atomic E-state index is 11.8. The zero-order valence-electron chi connectivity index (χ0n) is 10.5. The van der Waals surface area contributed by atoms with Crippen LogP contribution in [0, 0.1) is 11.3 Å². The van der Waals surface area contributed by atoms with Gasteiger partial charge >= 0.3 is 0 Å². The van der Waals surface area contributed by atoms with Gasteiger partial charge in [0.25, 0.3) is 5.91 Å². The summed E-state index contributed by atoms with van der Waals surface area (Å²) in [6.07, 6.45) is 5.19. The Morgan fingerprint density at radius 3 is 2.84 bits per heavy atom. The Balaban J connectivity index is 2.52. The van der Waals surface area contributed by atoms with Crippen LogP contribution in [0.25, 0.3) is 0 Å². The van der Waals surface area contributed by atoms with Crippen molar-refractivity contribution in [1.29, 1.82) is 5.26 Å². The fourth-order valence-corrected chi connectivity index (χ4v) is 1.58. The first kappa shape index (κ1) is 14.6. The van der Waals surface area contributed by atoms with E-state index >= 15 is 0 Å². The van der Waals surface area contributed by atoms with Gasteiger partial charge in [0.2, 0.25) is 5.91 Å². The third-order valence-corrected chi connectivity index (χ3v) is 2.60. The van der Waals surface area contributed by atoms with Crippen molar-refractivity contribution in [3.63, 3.8) is 0 Å². The number of nitriles is 1. The predicted octanol–water partition coefficient (Wildman–Crippen LogP) is 0.749. The molecule has 0 radical (unpaired) electrons. The SMILES string of the molecule is N#CCCCC[C@@H](NC(=O)c1cccnc1)C(N)=O. The second-order valence-corrected chi connectivity index (χ2v) is 4.07. The molecule has 0 saturated heterocycles. The number of hydrogen-bond acceptors (Lipinski definition) is 4. The van der Waals surface area contributed by atoms with Crippen molar-refractivity contribution in [2.45, 2.75) is 31.7 Å².